The molecule has 4 heteroatoms. The number of carbonyl (C=O) groups is 1. The second kappa shape index (κ2) is 3.98. The molecule has 13 heavy (non-hydrogen) atoms. The first kappa shape index (κ1) is 9.64. The van der Waals surface area contributed by atoms with Crippen molar-refractivity contribution in [1.29, 1.82) is 0 Å². The first-order valence-corrected chi connectivity index (χ1v) is 4.19. The Balaban J connectivity index is 2.86. The molecule has 4 nitrogen and oxygen atoms in total. The van der Waals surface area contributed by atoms with E-state index in [1.54, 1.807) is 20.2 Å². The maximum absolute atomic E-state index is 11.4. The Labute approximate surface area is 77.6 Å². The molecule has 0 N–H and O–H groups in total. The van der Waals surface area contributed by atoms with E-state index in [9.17, 15) is 4.79 Å². The summed E-state index contributed by atoms with van der Waals surface area (Å²) >= 11 is 0. The van der Waals surface area contributed by atoms with Crippen molar-refractivity contribution in [3.63, 3.8) is 0 Å². The summed E-state index contributed by atoms with van der Waals surface area (Å²) in [5.41, 5.74) is 1.29. The molecule has 0 aromatic carbocycles. The van der Waals surface area contributed by atoms with Crippen molar-refractivity contribution >= 4 is 5.91 Å². The van der Waals surface area contributed by atoms with Crippen LogP contribution in [0.4, 0.5) is 0 Å². The van der Waals surface area contributed by atoms with Crippen LogP contribution in [0, 0.1) is 0 Å². The molecule has 0 unspecified atom stereocenters. The lowest BCUT2D eigenvalue weighted by molar-refractivity contribution is 0.0820. The minimum absolute atomic E-state index is 0.116. The van der Waals surface area contributed by atoms with E-state index in [0.717, 1.165) is 12.1 Å². The maximum atomic E-state index is 11.4. The maximum Gasteiger partial charge on any atom is 0.273 e. The standard InChI is InChI=1S/C9H13N3O/c1-4-7-5-6-8(11-10-7)9(13)12(2)3/h5-6H,4H2,1-3H3. The number of nitrogens with zero attached hydrogens (tertiary/aromatic N) is 3. The van der Waals surface area contributed by atoms with Gasteiger partial charge in [0.2, 0.25) is 0 Å². The number of hydrogen-bond donors (Lipinski definition) is 0. The number of amides is 1. The number of rotatable bonds is 2. The Hall–Kier alpha value is -1.45. The lowest BCUT2D eigenvalue weighted by Gasteiger charge is -2.08. The molecule has 0 aliphatic heterocycles. The fourth-order valence-electron chi connectivity index (χ4n) is 0.892. The fraction of sp³-hybridized carbons (Fsp3) is 0.444. The number of carbonyl (C=O) groups excluding carboxylic acids is 1. The third-order valence-corrected chi connectivity index (χ3v) is 1.71. The van der Waals surface area contributed by atoms with Gasteiger partial charge in [-0.3, -0.25) is 4.79 Å². The normalized spacial score (nSPS) is 9.77. The highest BCUT2D eigenvalue weighted by atomic mass is 16.2. The van der Waals surface area contributed by atoms with E-state index in [1.165, 1.54) is 4.90 Å². The van der Waals surface area contributed by atoms with Gasteiger partial charge in [-0.25, -0.2) is 0 Å². The van der Waals surface area contributed by atoms with Gasteiger partial charge >= 0.3 is 0 Å². The molecule has 0 aliphatic carbocycles. The minimum atomic E-state index is -0.116. The van der Waals surface area contributed by atoms with Crippen LogP contribution < -0.4 is 0 Å². The summed E-state index contributed by atoms with van der Waals surface area (Å²) in [6.45, 7) is 2.00. The van der Waals surface area contributed by atoms with Crippen molar-refractivity contribution in [2.45, 2.75) is 13.3 Å². The molecular weight excluding hydrogens is 166 g/mol. The highest BCUT2D eigenvalue weighted by Crippen LogP contribution is 1.99. The quantitative estimate of drug-likeness (QED) is 0.672. The van der Waals surface area contributed by atoms with Crippen LogP contribution in [0.25, 0.3) is 0 Å². The van der Waals surface area contributed by atoms with Gasteiger partial charge in [0.05, 0.1) is 5.69 Å². The van der Waals surface area contributed by atoms with E-state index in [-0.39, 0.29) is 5.91 Å². The zero-order chi connectivity index (χ0) is 9.84. The molecule has 0 bridgehead atoms. The third-order valence-electron chi connectivity index (χ3n) is 1.71. The molecule has 1 heterocycles. The molecule has 0 saturated heterocycles. The molecule has 0 atom stereocenters. The van der Waals surface area contributed by atoms with E-state index < -0.39 is 0 Å². The number of aromatic nitrogens is 2. The minimum Gasteiger partial charge on any atom is -0.343 e. The summed E-state index contributed by atoms with van der Waals surface area (Å²) in [7, 11) is 3.38. The second-order valence-electron chi connectivity index (χ2n) is 2.96. The summed E-state index contributed by atoms with van der Waals surface area (Å²) in [5, 5.41) is 7.73. The van der Waals surface area contributed by atoms with Gasteiger partial charge in [0, 0.05) is 14.1 Å². The average Bonchev–Trinajstić information content (AvgIpc) is 2.17. The number of hydrogen-bond acceptors (Lipinski definition) is 3. The third kappa shape index (κ3) is 2.24. The first-order chi connectivity index (χ1) is 6.15. The van der Waals surface area contributed by atoms with Gasteiger partial charge in [0.1, 0.15) is 0 Å². The van der Waals surface area contributed by atoms with Crippen LogP contribution >= 0.6 is 0 Å². The Morgan fingerprint density at radius 1 is 1.38 bits per heavy atom. The lowest BCUT2D eigenvalue weighted by atomic mass is 10.3. The van der Waals surface area contributed by atoms with Gasteiger partial charge in [-0.05, 0) is 18.6 Å². The molecular formula is C9H13N3O. The van der Waals surface area contributed by atoms with Crippen LogP contribution in [0.3, 0.4) is 0 Å². The van der Waals surface area contributed by atoms with Gasteiger partial charge in [-0.2, -0.15) is 5.10 Å². The van der Waals surface area contributed by atoms with E-state index in [0.29, 0.717) is 5.69 Å². The van der Waals surface area contributed by atoms with Crippen molar-refractivity contribution in [2.75, 3.05) is 14.1 Å². The van der Waals surface area contributed by atoms with Crippen molar-refractivity contribution in [3.8, 4) is 0 Å². The van der Waals surface area contributed by atoms with Gasteiger partial charge < -0.3 is 4.90 Å². The predicted octanol–water partition coefficient (Wildman–Crippen LogP) is 0.741. The first-order valence-electron chi connectivity index (χ1n) is 4.19. The van der Waals surface area contributed by atoms with Crippen LogP contribution in [0.15, 0.2) is 12.1 Å². The molecule has 1 aromatic rings. The van der Waals surface area contributed by atoms with E-state index in [2.05, 4.69) is 10.2 Å². The second-order valence-corrected chi connectivity index (χ2v) is 2.96. The van der Waals surface area contributed by atoms with Crippen molar-refractivity contribution < 1.29 is 4.79 Å². The zero-order valence-electron chi connectivity index (χ0n) is 8.11. The topological polar surface area (TPSA) is 46.1 Å². The fourth-order valence-corrected chi connectivity index (χ4v) is 0.892. The molecule has 1 amide bonds. The van der Waals surface area contributed by atoms with Gasteiger partial charge in [-0.1, -0.05) is 6.92 Å². The number of aryl methyl sites for hydroxylation is 1. The summed E-state index contributed by atoms with van der Waals surface area (Å²) in [4.78, 5) is 12.8. The van der Waals surface area contributed by atoms with Crippen LogP contribution in [0.1, 0.15) is 23.1 Å². The summed E-state index contributed by atoms with van der Waals surface area (Å²) < 4.78 is 0. The zero-order valence-corrected chi connectivity index (χ0v) is 8.11. The molecule has 0 aliphatic rings. The molecule has 0 spiro atoms. The van der Waals surface area contributed by atoms with Crippen molar-refractivity contribution in [3.05, 3.63) is 23.5 Å². The van der Waals surface area contributed by atoms with E-state index in [4.69, 9.17) is 0 Å². The Bertz CT molecular complexity index is 292. The molecule has 0 saturated carbocycles. The Kier molecular flexibility index (Phi) is 2.95. The SMILES string of the molecule is CCc1ccc(C(=O)N(C)C)nn1. The molecule has 0 radical (unpaired) electrons. The van der Waals surface area contributed by atoms with Crippen LogP contribution in [-0.2, 0) is 6.42 Å². The summed E-state index contributed by atoms with van der Waals surface area (Å²) in [6.07, 6.45) is 0.837. The highest BCUT2D eigenvalue weighted by Gasteiger charge is 2.09. The van der Waals surface area contributed by atoms with E-state index in [1.807, 2.05) is 13.0 Å². The average molecular weight is 179 g/mol. The molecule has 1 aromatic heterocycles. The summed E-state index contributed by atoms with van der Waals surface area (Å²) in [6, 6.07) is 3.53. The van der Waals surface area contributed by atoms with Crippen LogP contribution in [-0.4, -0.2) is 35.1 Å². The smallest absolute Gasteiger partial charge is 0.273 e. The molecule has 1 rings (SSSR count). The van der Waals surface area contributed by atoms with Gasteiger partial charge in [0.25, 0.3) is 5.91 Å². The van der Waals surface area contributed by atoms with Crippen molar-refractivity contribution in [1.82, 2.24) is 15.1 Å². The van der Waals surface area contributed by atoms with Crippen LogP contribution in [0.2, 0.25) is 0 Å². The largest absolute Gasteiger partial charge is 0.343 e. The van der Waals surface area contributed by atoms with Gasteiger partial charge in [-0.15, -0.1) is 5.10 Å². The predicted molar refractivity (Wildman–Crippen MR) is 49.4 cm³/mol. The van der Waals surface area contributed by atoms with Gasteiger partial charge in [0.15, 0.2) is 5.69 Å². The van der Waals surface area contributed by atoms with Crippen LogP contribution in [0.5, 0.6) is 0 Å². The molecule has 0 fully saturated rings. The Morgan fingerprint density at radius 2 is 2.08 bits per heavy atom. The highest BCUT2D eigenvalue weighted by molar-refractivity contribution is 5.91. The summed E-state index contributed by atoms with van der Waals surface area (Å²) in [5.74, 6) is -0.116. The molecule has 70 valence electrons. The lowest BCUT2D eigenvalue weighted by Crippen LogP contribution is -2.23. The Morgan fingerprint density at radius 3 is 2.46 bits per heavy atom. The monoisotopic (exact) mass is 179 g/mol. The van der Waals surface area contributed by atoms with E-state index >= 15 is 0 Å². The van der Waals surface area contributed by atoms with Crippen molar-refractivity contribution in [2.24, 2.45) is 0 Å².